The minimum absolute atomic E-state index is 0.503. The van der Waals surface area contributed by atoms with E-state index >= 15 is 0 Å². The van der Waals surface area contributed by atoms with Crippen LogP contribution < -0.4 is 4.74 Å². The Labute approximate surface area is 178 Å². The molecule has 0 radical (unpaired) electrons. The lowest BCUT2D eigenvalue weighted by Gasteiger charge is -2.13. The Balaban J connectivity index is 1.47. The van der Waals surface area contributed by atoms with Gasteiger partial charge in [0.15, 0.2) is 0 Å². The fourth-order valence-corrected chi connectivity index (χ4v) is 3.66. The molecule has 0 amide bonds. The molecule has 0 fully saturated rings. The second kappa shape index (κ2) is 9.05. The summed E-state index contributed by atoms with van der Waals surface area (Å²) in [5.41, 5.74) is 5.44. The zero-order valence-electron chi connectivity index (χ0n) is 15.9. The molecule has 4 aromatic rings. The molecule has 0 saturated heterocycles. The van der Waals surface area contributed by atoms with Crippen LogP contribution in [0.25, 0.3) is 11.0 Å². The number of benzene rings is 3. The van der Waals surface area contributed by atoms with Crippen LogP contribution in [-0.4, -0.2) is 15.8 Å². The van der Waals surface area contributed by atoms with Gasteiger partial charge in [0.2, 0.25) is 0 Å². The Morgan fingerprint density at radius 3 is 2.62 bits per heavy atom. The number of aryl methyl sites for hydroxylation is 1. The van der Waals surface area contributed by atoms with Crippen LogP contribution in [0.2, 0.25) is 0 Å². The zero-order valence-corrected chi connectivity index (χ0v) is 17.5. The highest BCUT2D eigenvalue weighted by atomic mass is 79.9. The number of halogens is 1. The van der Waals surface area contributed by atoms with Crippen molar-refractivity contribution in [3.8, 4) is 5.75 Å². The van der Waals surface area contributed by atoms with E-state index in [1.807, 2.05) is 36.7 Å². The summed E-state index contributed by atoms with van der Waals surface area (Å²) in [7, 11) is 0. The number of aromatic nitrogens is 2. The summed E-state index contributed by atoms with van der Waals surface area (Å²) in [6.07, 6.45) is 4.16. The van der Waals surface area contributed by atoms with Gasteiger partial charge < -0.3 is 14.1 Å². The third kappa shape index (κ3) is 4.74. The van der Waals surface area contributed by atoms with E-state index in [-0.39, 0.29) is 0 Å². The molecule has 0 bridgehead atoms. The van der Waals surface area contributed by atoms with Crippen molar-refractivity contribution in [2.75, 3.05) is 0 Å². The molecule has 0 aliphatic carbocycles. The van der Waals surface area contributed by atoms with Crippen molar-refractivity contribution >= 4 is 33.2 Å². The first-order valence-corrected chi connectivity index (χ1v) is 10.3. The Bertz CT molecular complexity index is 1120. The van der Waals surface area contributed by atoms with Crippen LogP contribution in [0.5, 0.6) is 5.75 Å². The fraction of sp³-hybridized carbons (Fsp3) is 0.167. The molecule has 0 atom stereocenters. The van der Waals surface area contributed by atoms with Gasteiger partial charge in [-0.05, 0) is 41.8 Å². The Morgan fingerprint density at radius 1 is 1.00 bits per heavy atom. The Kier molecular flexibility index (Phi) is 6.06. The van der Waals surface area contributed by atoms with E-state index in [1.54, 1.807) is 0 Å². The number of hydrogen-bond donors (Lipinski definition) is 0. The molecule has 0 N–H and O–H groups in total. The highest BCUT2D eigenvalue weighted by molar-refractivity contribution is 9.10. The van der Waals surface area contributed by atoms with E-state index in [0.717, 1.165) is 45.1 Å². The number of para-hydroxylation sites is 1. The highest BCUT2D eigenvalue weighted by Crippen LogP contribution is 2.24. The number of carbonyl (C=O) groups is 1. The maximum absolute atomic E-state index is 10.5. The van der Waals surface area contributed by atoms with E-state index in [0.29, 0.717) is 19.6 Å². The molecule has 3 aromatic carbocycles. The van der Waals surface area contributed by atoms with Crippen molar-refractivity contribution in [3.05, 3.63) is 94.2 Å². The van der Waals surface area contributed by atoms with E-state index in [2.05, 4.69) is 61.9 Å². The standard InChI is InChI=1S/C24H21BrN2O2/c25-21-11-12-23-22(14-21)26-17-27(23)15-20-5-1-2-6-24(20)29-16-19-9-7-18(8-10-19)4-3-13-28/h1-2,5-14,17H,3-4,15-16H2. The van der Waals surface area contributed by atoms with Crippen LogP contribution in [0.1, 0.15) is 23.1 Å². The second-order valence-corrected chi connectivity index (χ2v) is 7.84. The second-order valence-electron chi connectivity index (χ2n) is 6.92. The van der Waals surface area contributed by atoms with Gasteiger partial charge in [0.1, 0.15) is 18.6 Å². The first-order valence-electron chi connectivity index (χ1n) is 9.55. The largest absolute Gasteiger partial charge is 0.489 e. The van der Waals surface area contributed by atoms with E-state index in [4.69, 9.17) is 4.74 Å². The number of fused-ring (bicyclic) bond motifs is 1. The highest BCUT2D eigenvalue weighted by Gasteiger charge is 2.08. The molecule has 0 spiro atoms. The van der Waals surface area contributed by atoms with Crippen molar-refractivity contribution in [3.63, 3.8) is 0 Å². The number of hydrogen-bond acceptors (Lipinski definition) is 3. The summed E-state index contributed by atoms with van der Waals surface area (Å²) in [5, 5.41) is 0. The van der Waals surface area contributed by atoms with Gasteiger partial charge in [-0.25, -0.2) is 4.98 Å². The van der Waals surface area contributed by atoms with Gasteiger partial charge in [-0.15, -0.1) is 0 Å². The minimum atomic E-state index is 0.503. The fourth-order valence-electron chi connectivity index (χ4n) is 3.31. The van der Waals surface area contributed by atoms with E-state index < -0.39 is 0 Å². The SMILES string of the molecule is O=CCCc1ccc(COc2ccccc2Cn2cnc3cc(Br)ccc32)cc1. The summed E-state index contributed by atoms with van der Waals surface area (Å²) in [4.78, 5) is 15.0. The average molecular weight is 449 g/mol. The van der Waals surface area contributed by atoms with Gasteiger partial charge in [0.05, 0.1) is 23.9 Å². The first-order chi connectivity index (χ1) is 14.2. The summed E-state index contributed by atoms with van der Waals surface area (Å²) in [6, 6.07) is 22.5. The number of carbonyl (C=O) groups excluding carboxylic acids is 1. The van der Waals surface area contributed by atoms with Crippen LogP contribution in [0.3, 0.4) is 0 Å². The quantitative estimate of drug-likeness (QED) is 0.331. The first kappa shape index (κ1) is 19.4. The smallest absolute Gasteiger partial charge is 0.124 e. The lowest BCUT2D eigenvalue weighted by Crippen LogP contribution is -2.03. The average Bonchev–Trinajstić information content (AvgIpc) is 3.14. The molecule has 0 aliphatic rings. The number of aldehydes is 1. The van der Waals surface area contributed by atoms with Crippen molar-refractivity contribution < 1.29 is 9.53 Å². The van der Waals surface area contributed by atoms with Crippen molar-refractivity contribution in [2.45, 2.75) is 26.0 Å². The molecule has 0 aliphatic heterocycles. The summed E-state index contributed by atoms with van der Waals surface area (Å²) >= 11 is 3.49. The summed E-state index contributed by atoms with van der Waals surface area (Å²) in [5.74, 6) is 0.872. The zero-order chi connectivity index (χ0) is 20.1. The molecule has 29 heavy (non-hydrogen) atoms. The van der Waals surface area contributed by atoms with Gasteiger partial charge in [-0.1, -0.05) is 58.4 Å². The third-order valence-electron chi connectivity index (χ3n) is 4.86. The van der Waals surface area contributed by atoms with E-state index in [1.165, 1.54) is 5.56 Å². The molecule has 1 aromatic heterocycles. The molecular weight excluding hydrogens is 428 g/mol. The van der Waals surface area contributed by atoms with Crippen LogP contribution in [-0.2, 0) is 24.4 Å². The van der Waals surface area contributed by atoms with Crippen LogP contribution in [0.4, 0.5) is 0 Å². The monoisotopic (exact) mass is 448 g/mol. The molecule has 4 rings (SSSR count). The molecular formula is C24H21BrN2O2. The minimum Gasteiger partial charge on any atom is -0.489 e. The predicted octanol–water partition coefficient (Wildman–Crippen LogP) is 5.56. The molecule has 4 nitrogen and oxygen atoms in total. The van der Waals surface area contributed by atoms with Gasteiger partial charge >= 0.3 is 0 Å². The number of nitrogens with zero attached hydrogens (tertiary/aromatic N) is 2. The summed E-state index contributed by atoms with van der Waals surface area (Å²) in [6.45, 7) is 1.20. The maximum atomic E-state index is 10.5. The van der Waals surface area contributed by atoms with Crippen LogP contribution in [0.15, 0.2) is 77.5 Å². The predicted molar refractivity (Wildman–Crippen MR) is 118 cm³/mol. The Hall–Kier alpha value is -2.92. The normalized spacial score (nSPS) is 10.9. The molecule has 146 valence electrons. The lowest BCUT2D eigenvalue weighted by molar-refractivity contribution is -0.107. The topological polar surface area (TPSA) is 44.1 Å². The number of rotatable bonds is 8. The van der Waals surface area contributed by atoms with Gasteiger partial charge in [0, 0.05) is 16.5 Å². The molecule has 1 heterocycles. The maximum Gasteiger partial charge on any atom is 0.124 e. The van der Waals surface area contributed by atoms with Gasteiger partial charge in [0.25, 0.3) is 0 Å². The van der Waals surface area contributed by atoms with Gasteiger partial charge in [-0.2, -0.15) is 0 Å². The van der Waals surface area contributed by atoms with Crippen LogP contribution in [0, 0.1) is 0 Å². The molecule has 5 heteroatoms. The Morgan fingerprint density at radius 2 is 1.79 bits per heavy atom. The third-order valence-corrected chi connectivity index (χ3v) is 5.36. The van der Waals surface area contributed by atoms with Crippen molar-refractivity contribution in [2.24, 2.45) is 0 Å². The van der Waals surface area contributed by atoms with Gasteiger partial charge in [-0.3, -0.25) is 0 Å². The molecule has 0 unspecified atom stereocenters. The van der Waals surface area contributed by atoms with E-state index in [9.17, 15) is 4.79 Å². The van der Waals surface area contributed by atoms with Crippen molar-refractivity contribution in [1.29, 1.82) is 0 Å². The lowest BCUT2D eigenvalue weighted by atomic mass is 10.1. The van der Waals surface area contributed by atoms with Crippen molar-refractivity contribution in [1.82, 2.24) is 9.55 Å². The number of ether oxygens (including phenoxy) is 1. The van der Waals surface area contributed by atoms with Crippen LogP contribution >= 0.6 is 15.9 Å². The number of imidazole rings is 1. The molecule has 0 saturated carbocycles. The summed E-state index contributed by atoms with van der Waals surface area (Å²) < 4.78 is 9.28.